The zero-order valence-electron chi connectivity index (χ0n) is 7.17. The molecule has 4 nitrogen and oxygen atoms in total. The van der Waals surface area contributed by atoms with Crippen LogP contribution in [-0.4, -0.2) is 0 Å². The van der Waals surface area contributed by atoms with Gasteiger partial charge in [-0.3, -0.25) is 0 Å². The molecule has 0 aliphatic carbocycles. The van der Waals surface area contributed by atoms with Crippen molar-refractivity contribution >= 4 is 0 Å². The summed E-state index contributed by atoms with van der Waals surface area (Å²) in [6.07, 6.45) is 10.3. The lowest BCUT2D eigenvalue weighted by Gasteiger charge is -2.02. The maximum atomic E-state index is 4.83. The first-order valence-corrected chi connectivity index (χ1v) is 3.64. The summed E-state index contributed by atoms with van der Waals surface area (Å²) >= 11 is 0. The molecule has 2 rings (SSSR count). The van der Waals surface area contributed by atoms with Crippen molar-refractivity contribution in [3.63, 3.8) is 0 Å². The van der Waals surface area contributed by atoms with Crippen molar-refractivity contribution in [1.29, 1.82) is 0 Å². The Morgan fingerprint density at radius 3 is 1.54 bits per heavy atom. The summed E-state index contributed by atoms with van der Waals surface area (Å²) in [7, 11) is 0. The Bertz CT molecular complexity index is 230. The number of allylic oxidation sites excluding steroid dienone is 1. The van der Waals surface area contributed by atoms with Crippen molar-refractivity contribution in [3.8, 4) is 0 Å². The van der Waals surface area contributed by atoms with E-state index in [-0.39, 0.29) is 0 Å². The van der Waals surface area contributed by atoms with Gasteiger partial charge in [0.2, 0.25) is 0 Å². The fourth-order valence-electron chi connectivity index (χ4n) is 0.549. The SMILES string of the molecule is C1=COC=CO1.CC1=COC=CO1. The molecular formula is C9H10O4. The minimum Gasteiger partial charge on any atom is -0.466 e. The molecule has 0 atom stereocenters. The van der Waals surface area contributed by atoms with E-state index in [2.05, 4.69) is 9.47 Å². The van der Waals surface area contributed by atoms with E-state index in [0.717, 1.165) is 5.76 Å². The molecule has 4 heteroatoms. The standard InChI is InChI=1S/C5H6O2.C4H4O2/c1-5-4-6-2-3-7-5;1-2-6-4-3-5-1/h2-4H,1H3;1-4H. The van der Waals surface area contributed by atoms with Crippen LogP contribution in [0.4, 0.5) is 0 Å². The van der Waals surface area contributed by atoms with E-state index < -0.39 is 0 Å². The predicted molar refractivity (Wildman–Crippen MR) is 45.5 cm³/mol. The monoisotopic (exact) mass is 182 g/mol. The molecule has 0 aromatic rings. The van der Waals surface area contributed by atoms with E-state index in [9.17, 15) is 0 Å². The first-order chi connectivity index (χ1) is 6.39. The number of hydrogen-bond donors (Lipinski definition) is 0. The molecule has 2 aliphatic rings. The van der Waals surface area contributed by atoms with Crippen LogP contribution in [0.1, 0.15) is 6.92 Å². The number of ether oxygens (including phenoxy) is 4. The first kappa shape index (κ1) is 9.25. The molecule has 0 saturated carbocycles. The summed E-state index contributed by atoms with van der Waals surface area (Å²) < 4.78 is 18.7. The molecule has 0 spiro atoms. The molecule has 0 aromatic carbocycles. The molecular weight excluding hydrogens is 172 g/mol. The van der Waals surface area contributed by atoms with E-state index in [0.29, 0.717) is 0 Å². The zero-order valence-corrected chi connectivity index (χ0v) is 7.17. The van der Waals surface area contributed by atoms with Crippen LogP contribution in [0, 0.1) is 0 Å². The number of rotatable bonds is 0. The highest BCUT2D eigenvalue weighted by Crippen LogP contribution is 2.01. The van der Waals surface area contributed by atoms with Crippen LogP contribution in [0.15, 0.2) is 49.6 Å². The smallest absolute Gasteiger partial charge is 0.135 e. The normalized spacial score (nSPS) is 16.5. The Kier molecular flexibility index (Phi) is 4.10. The molecule has 0 radical (unpaired) electrons. The highest BCUT2D eigenvalue weighted by molar-refractivity contribution is 4.89. The Morgan fingerprint density at radius 1 is 0.769 bits per heavy atom. The maximum Gasteiger partial charge on any atom is 0.135 e. The van der Waals surface area contributed by atoms with Crippen LogP contribution in [0.2, 0.25) is 0 Å². The topological polar surface area (TPSA) is 36.9 Å². The molecule has 0 bridgehead atoms. The van der Waals surface area contributed by atoms with Crippen molar-refractivity contribution in [2.45, 2.75) is 6.92 Å². The largest absolute Gasteiger partial charge is 0.466 e. The van der Waals surface area contributed by atoms with Crippen LogP contribution in [0.25, 0.3) is 0 Å². The third-order valence-corrected chi connectivity index (χ3v) is 1.05. The van der Waals surface area contributed by atoms with Crippen LogP contribution in [-0.2, 0) is 18.9 Å². The van der Waals surface area contributed by atoms with Crippen molar-refractivity contribution in [2.24, 2.45) is 0 Å². The summed E-state index contributed by atoms with van der Waals surface area (Å²) in [6, 6.07) is 0. The highest BCUT2D eigenvalue weighted by atomic mass is 16.5. The van der Waals surface area contributed by atoms with Gasteiger partial charge in [0.15, 0.2) is 0 Å². The van der Waals surface area contributed by atoms with Crippen molar-refractivity contribution in [1.82, 2.24) is 0 Å². The van der Waals surface area contributed by atoms with E-state index in [1.165, 1.54) is 37.6 Å². The van der Waals surface area contributed by atoms with Gasteiger partial charge in [-0.2, -0.15) is 0 Å². The van der Waals surface area contributed by atoms with Crippen LogP contribution in [0.5, 0.6) is 0 Å². The predicted octanol–water partition coefficient (Wildman–Crippen LogP) is 2.34. The third kappa shape index (κ3) is 4.58. The second-order valence-corrected chi connectivity index (χ2v) is 2.07. The second-order valence-electron chi connectivity index (χ2n) is 2.07. The zero-order chi connectivity index (χ0) is 9.36. The lowest BCUT2D eigenvalue weighted by Crippen LogP contribution is -1.84. The second kappa shape index (κ2) is 5.77. The highest BCUT2D eigenvalue weighted by Gasteiger charge is 1.88. The lowest BCUT2D eigenvalue weighted by atomic mass is 10.6. The van der Waals surface area contributed by atoms with Gasteiger partial charge in [0.25, 0.3) is 0 Å². The molecule has 2 aliphatic heterocycles. The van der Waals surface area contributed by atoms with Gasteiger partial charge in [0, 0.05) is 0 Å². The minimum absolute atomic E-state index is 0.780. The first-order valence-electron chi connectivity index (χ1n) is 3.64. The van der Waals surface area contributed by atoms with Crippen LogP contribution in [0.3, 0.4) is 0 Å². The van der Waals surface area contributed by atoms with E-state index >= 15 is 0 Å². The van der Waals surface area contributed by atoms with Crippen molar-refractivity contribution in [3.05, 3.63) is 49.6 Å². The molecule has 2 heterocycles. The lowest BCUT2D eigenvalue weighted by molar-refractivity contribution is 0.258. The van der Waals surface area contributed by atoms with Gasteiger partial charge in [0.1, 0.15) is 49.6 Å². The van der Waals surface area contributed by atoms with Gasteiger partial charge in [-0.25, -0.2) is 0 Å². The fourth-order valence-corrected chi connectivity index (χ4v) is 0.549. The Morgan fingerprint density at radius 2 is 1.31 bits per heavy atom. The van der Waals surface area contributed by atoms with Gasteiger partial charge in [-0.1, -0.05) is 0 Å². The molecule has 0 saturated heterocycles. The summed E-state index contributed by atoms with van der Waals surface area (Å²) in [5.74, 6) is 0.780. The van der Waals surface area contributed by atoms with E-state index in [4.69, 9.17) is 9.47 Å². The minimum atomic E-state index is 0.780. The van der Waals surface area contributed by atoms with E-state index in [1.54, 1.807) is 6.26 Å². The molecule has 0 N–H and O–H groups in total. The average molecular weight is 182 g/mol. The van der Waals surface area contributed by atoms with E-state index in [1.807, 2.05) is 6.92 Å². The van der Waals surface area contributed by atoms with Crippen molar-refractivity contribution in [2.75, 3.05) is 0 Å². The quantitative estimate of drug-likeness (QED) is 0.576. The summed E-state index contributed by atoms with van der Waals surface area (Å²) in [6.45, 7) is 1.82. The van der Waals surface area contributed by atoms with Gasteiger partial charge in [-0.15, -0.1) is 0 Å². The van der Waals surface area contributed by atoms with Gasteiger partial charge in [0.05, 0.1) is 0 Å². The average Bonchev–Trinajstić information content (AvgIpc) is 2.22. The maximum absolute atomic E-state index is 4.83. The molecule has 0 fully saturated rings. The van der Waals surface area contributed by atoms with Gasteiger partial charge in [-0.05, 0) is 6.92 Å². The van der Waals surface area contributed by atoms with Crippen LogP contribution < -0.4 is 0 Å². The van der Waals surface area contributed by atoms with Gasteiger partial charge >= 0.3 is 0 Å². The Hall–Kier alpha value is -1.84. The molecule has 70 valence electrons. The summed E-state index contributed by atoms with van der Waals surface area (Å²) in [5, 5.41) is 0. The van der Waals surface area contributed by atoms with Crippen molar-refractivity contribution < 1.29 is 18.9 Å². The third-order valence-electron chi connectivity index (χ3n) is 1.05. The molecule has 0 amide bonds. The number of hydrogen-bond acceptors (Lipinski definition) is 4. The summed E-state index contributed by atoms with van der Waals surface area (Å²) in [4.78, 5) is 0. The Balaban J connectivity index is 0.000000132. The molecule has 0 aromatic heterocycles. The summed E-state index contributed by atoms with van der Waals surface area (Å²) in [5.41, 5.74) is 0. The van der Waals surface area contributed by atoms with Crippen LogP contribution >= 0.6 is 0 Å². The van der Waals surface area contributed by atoms with Gasteiger partial charge < -0.3 is 18.9 Å². The fraction of sp³-hybridized carbons (Fsp3) is 0.111. The Labute approximate surface area is 76.3 Å². The molecule has 0 unspecified atom stereocenters. The molecule has 13 heavy (non-hydrogen) atoms.